The normalized spacial score (nSPS) is 15.2. The summed E-state index contributed by atoms with van der Waals surface area (Å²) in [7, 11) is 0. The second-order valence-electron chi connectivity index (χ2n) is 4.53. The monoisotopic (exact) mass is 302 g/mol. The SMILES string of the molecule is Nc1c(Cl)cc(C(=O)N2CC(CC(=O)O)C2)cc1Cl. The number of likely N-dealkylation sites (tertiary alicyclic amines) is 1. The molecule has 0 atom stereocenters. The quantitative estimate of drug-likeness (QED) is 0.838. The largest absolute Gasteiger partial charge is 0.481 e. The lowest BCUT2D eigenvalue weighted by Gasteiger charge is -2.38. The molecule has 0 unspecified atom stereocenters. The Labute approximate surface area is 119 Å². The first-order valence-electron chi connectivity index (χ1n) is 5.64. The lowest BCUT2D eigenvalue weighted by atomic mass is 9.95. The van der Waals surface area contributed by atoms with Gasteiger partial charge in [0.2, 0.25) is 0 Å². The third-order valence-corrected chi connectivity index (χ3v) is 3.66. The molecule has 3 N–H and O–H groups in total. The van der Waals surface area contributed by atoms with Gasteiger partial charge in [-0.25, -0.2) is 0 Å². The molecule has 102 valence electrons. The van der Waals surface area contributed by atoms with Crippen molar-refractivity contribution < 1.29 is 14.7 Å². The number of benzene rings is 1. The van der Waals surface area contributed by atoms with Gasteiger partial charge in [-0.3, -0.25) is 9.59 Å². The molecule has 0 saturated carbocycles. The number of anilines is 1. The Morgan fingerprint density at radius 3 is 2.32 bits per heavy atom. The van der Waals surface area contributed by atoms with E-state index in [-0.39, 0.29) is 34.0 Å². The van der Waals surface area contributed by atoms with Crippen LogP contribution in [-0.4, -0.2) is 35.0 Å². The number of amides is 1. The molecule has 0 spiro atoms. The third kappa shape index (κ3) is 2.93. The van der Waals surface area contributed by atoms with Crippen LogP contribution >= 0.6 is 23.2 Å². The number of nitrogens with two attached hydrogens (primary N) is 1. The number of carboxylic acid groups (broad SMARTS) is 1. The Bertz CT molecular complexity index is 519. The smallest absolute Gasteiger partial charge is 0.303 e. The Morgan fingerprint density at radius 2 is 1.84 bits per heavy atom. The summed E-state index contributed by atoms with van der Waals surface area (Å²) in [5, 5.41) is 9.11. The number of aliphatic carboxylic acids is 1. The van der Waals surface area contributed by atoms with Crippen LogP contribution in [-0.2, 0) is 4.79 Å². The summed E-state index contributed by atoms with van der Waals surface area (Å²) >= 11 is 11.7. The molecular weight excluding hydrogens is 291 g/mol. The Morgan fingerprint density at radius 1 is 1.32 bits per heavy atom. The molecule has 1 fully saturated rings. The van der Waals surface area contributed by atoms with Crippen molar-refractivity contribution >= 4 is 40.8 Å². The minimum absolute atomic E-state index is 0.0150. The van der Waals surface area contributed by atoms with Gasteiger partial charge in [0, 0.05) is 24.6 Å². The van der Waals surface area contributed by atoms with Crippen molar-refractivity contribution in [2.24, 2.45) is 5.92 Å². The second-order valence-corrected chi connectivity index (χ2v) is 5.34. The van der Waals surface area contributed by atoms with Gasteiger partial charge in [0.15, 0.2) is 0 Å². The fourth-order valence-corrected chi connectivity index (χ4v) is 2.49. The van der Waals surface area contributed by atoms with E-state index in [0.29, 0.717) is 18.7 Å². The second kappa shape index (κ2) is 5.27. The van der Waals surface area contributed by atoms with Crippen molar-refractivity contribution in [3.8, 4) is 0 Å². The van der Waals surface area contributed by atoms with Gasteiger partial charge in [-0.05, 0) is 12.1 Å². The van der Waals surface area contributed by atoms with E-state index in [0.717, 1.165) is 0 Å². The predicted molar refractivity (Wildman–Crippen MR) is 72.5 cm³/mol. The molecule has 1 aliphatic heterocycles. The predicted octanol–water partition coefficient (Wildman–Crippen LogP) is 2.12. The first-order chi connectivity index (χ1) is 8.88. The van der Waals surface area contributed by atoms with Gasteiger partial charge in [0.25, 0.3) is 5.91 Å². The van der Waals surface area contributed by atoms with Crippen molar-refractivity contribution in [1.29, 1.82) is 0 Å². The van der Waals surface area contributed by atoms with Gasteiger partial charge >= 0.3 is 5.97 Å². The van der Waals surface area contributed by atoms with Crippen LogP contribution in [0.1, 0.15) is 16.8 Å². The maximum absolute atomic E-state index is 12.1. The van der Waals surface area contributed by atoms with Gasteiger partial charge in [0.1, 0.15) is 0 Å². The van der Waals surface area contributed by atoms with Crippen LogP contribution in [0.25, 0.3) is 0 Å². The molecule has 0 aliphatic carbocycles. The summed E-state index contributed by atoms with van der Waals surface area (Å²) in [6.45, 7) is 0.871. The van der Waals surface area contributed by atoms with Gasteiger partial charge in [0.05, 0.1) is 22.2 Å². The number of carbonyl (C=O) groups is 2. The number of hydrogen-bond donors (Lipinski definition) is 2. The van der Waals surface area contributed by atoms with E-state index in [2.05, 4.69) is 0 Å². The Kier molecular flexibility index (Phi) is 3.87. The number of rotatable bonds is 3. The molecule has 7 heteroatoms. The van der Waals surface area contributed by atoms with E-state index in [1.807, 2.05) is 0 Å². The van der Waals surface area contributed by atoms with Crippen LogP contribution in [0.5, 0.6) is 0 Å². The molecule has 0 radical (unpaired) electrons. The van der Waals surface area contributed by atoms with Crippen LogP contribution in [0.2, 0.25) is 10.0 Å². The zero-order valence-electron chi connectivity index (χ0n) is 9.90. The summed E-state index contributed by atoms with van der Waals surface area (Å²) in [5.41, 5.74) is 6.20. The van der Waals surface area contributed by atoms with Crippen LogP contribution in [0, 0.1) is 5.92 Å². The van der Waals surface area contributed by atoms with Gasteiger partial charge in [-0.15, -0.1) is 0 Å². The zero-order valence-corrected chi connectivity index (χ0v) is 11.4. The highest BCUT2D eigenvalue weighted by Crippen LogP contribution is 2.30. The van der Waals surface area contributed by atoms with E-state index in [4.69, 9.17) is 34.0 Å². The summed E-state index contributed by atoms with van der Waals surface area (Å²) in [5.74, 6) is -1.05. The van der Waals surface area contributed by atoms with Crippen LogP contribution < -0.4 is 5.73 Å². The van der Waals surface area contributed by atoms with Gasteiger partial charge in [-0.2, -0.15) is 0 Å². The van der Waals surface area contributed by atoms with Crippen LogP contribution in [0.15, 0.2) is 12.1 Å². The molecule has 0 bridgehead atoms. The minimum atomic E-state index is -0.851. The standard InChI is InChI=1S/C12H12Cl2N2O3/c13-8-2-7(3-9(14)11(8)15)12(19)16-4-6(5-16)1-10(17)18/h2-3,6H,1,4-5,15H2,(H,17,18). The fraction of sp³-hybridized carbons (Fsp3) is 0.333. The van der Waals surface area contributed by atoms with Crippen molar-refractivity contribution in [3.05, 3.63) is 27.7 Å². The number of nitrogens with zero attached hydrogens (tertiary/aromatic N) is 1. The molecule has 0 aromatic heterocycles. The molecule has 1 aliphatic rings. The first kappa shape index (κ1) is 14.0. The van der Waals surface area contributed by atoms with E-state index in [9.17, 15) is 9.59 Å². The molecule has 1 amide bonds. The van der Waals surface area contributed by atoms with Crippen LogP contribution in [0.4, 0.5) is 5.69 Å². The number of carboxylic acids is 1. The number of nitrogen functional groups attached to an aromatic ring is 1. The highest BCUT2D eigenvalue weighted by molar-refractivity contribution is 6.39. The maximum atomic E-state index is 12.1. The summed E-state index contributed by atoms with van der Waals surface area (Å²) in [4.78, 5) is 24.2. The molecule has 1 aromatic rings. The van der Waals surface area contributed by atoms with E-state index in [1.54, 1.807) is 4.90 Å². The molecule has 2 rings (SSSR count). The first-order valence-corrected chi connectivity index (χ1v) is 6.39. The van der Waals surface area contributed by atoms with E-state index < -0.39 is 5.97 Å². The molecule has 5 nitrogen and oxygen atoms in total. The summed E-state index contributed by atoms with van der Waals surface area (Å²) in [6.07, 6.45) is 0.0764. The van der Waals surface area contributed by atoms with Crippen molar-refractivity contribution in [1.82, 2.24) is 4.90 Å². The van der Waals surface area contributed by atoms with Crippen molar-refractivity contribution in [3.63, 3.8) is 0 Å². The average molecular weight is 303 g/mol. The maximum Gasteiger partial charge on any atom is 0.303 e. The lowest BCUT2D eigenvalue weighted by molar-refractivity contribution is -0.139. The van der Waals surface area contributed by atoms with Crippen molar-refractivity contribution in [2.75, 3.05) is 18.8 Å². The highest BCUT2D eigenvalue weighted by Gasteiger charge is 2.32. The number of hydrogen-bond acceptors (Lipinski definition) is 3. The lowest BCUT2D eigenvalue weighted by Crippen LogP contribution is -2.50. The molecule has 1 saturated heterocycles. The van der Waals surface area contributed by atoms with Crippen LogP contribution in [0.3, 0.4) is 0 Å². The van der Waals surface area contributed by atoms with E-state index >= 15 is 0 Å². The van der Waals surface area contributed by atoms with Crippen molar-refractivity contribution in [2.45, 2.75) is 6.42 Å². The van der Waals surface area contributed by atoms with E-state index in [1.165, 1.54) is 12.1 Å². The Balaban J connectivity index is 2.04. The highest BCUT2D eigenvalue weighted by atomic mass is 35.5. The molecule has 19 heavy (non-hydrogen) atoms. The molecule has 1 heterocycles. The minimum Gasteiger partial charge on any atom is -0.481 e. The van der Waals surface area contributed by atoms with Gasteiger partial charge in [-0.1, -0.05) is 23.2 Å². The number of carbonyl (C=O) groups excluding carboxylic acids is 1. The topological polar surface area (TPSA) is 83.6 Å². The summed E-state index contributed by atoms with van der Waals surface area (Å²) in [6, 6.07) is 2.94. The zero-order chi connectivity index (χ0) is 14.2. The molecular formula is C12H12Cl2N2O3. The average Bonchev–Trinajstić information content (AvgIpc) is 2.28. The Hall–Kier alpha value is -1.46. The van der Waals surface area contributed by atoms with Gasteiger partial charge < -0.3 is 15.7 Å². The fourth-order valence-electron chi connectivity index (χ4n) is 2.00. The third-order valence-electron chi connectivity index (χ3n) is 3.03. The molecule has 1 aromatic carbocycles. The summed E-state index contributed by atoms with van der Waals surface area (Å²) < 4.78 is 0. The number of halogens is 2.